The second kappa shape index (κ2) is 4.39. The molecule has 1 aromatic rings. The van der Waals surface area contributed by atoms with Crippen molar-refractivity contribution in [3.05, 3.63) is 21.9 Å². The van der Waals surface area contributed by atoms with Gasteiger partial charge in [0.05, 0.1) is 0 Å². The number of aliphatic carboxylic acids is 1. The molecule has 0 aromatic carbocycles. The highest BCUT2D eigenvalue weighted by atomic mass is 32.1. The van der Waals surface area contributed by atoms with Gasteiger partial charge >= 0.3 is 5.97 Å². The Morgan fingerprint density at radius 1 is 1.77 bits per heavy atom. The van der Waals surface area contributed by atoms with E-state index in [1.165, 1.54) is 4.88 Å². The number of aryl methyl sites for hydroxylation is 1. The summed E-state index contributed by atoms with van der Waals surface area (Å²) >= 11 is 1.64. The standard InChI is InChI=1S/C9H13NO2S/c1-6-4-7(5-13-6)8(10)2-3-9(11)12/h4-5,8H,2-3,10H2,1H3,(H,11,12)/t8-/m0/s1. The molecule has 0 fully saturated rings. The van der Waals surface area contributed by atoms with Crippen molar-refractivity contribution >= 4 is 17.3 Å². The number of hydrogen-bond donors (Lipinski definition) is 2. The summed E-state index contributed by atoms with van der Waals surface area (Å²) < 4.78 is 0. The van der Waals surface area contributed by atoms with Gasteiger partial charge in [-0.15, -0.1) is 11.3 Å². The van der Waals surface area contributed by atoms with Crippen molar-refractivity contribution in [2.45, 2.75) is 25.8 Å². The second-order valence-electron chi connectivity index (χ2n) is 3.03. The first-order chi connectivity index (χ1) is 6.09. The third kappa shape index (κ3) is 3.16. The molecule has 4 heteroatoms. The van der Waals surface area contributed by atoms with Crippen molar-refractivity contribution in [1.82, 2.24) is 0 Å². The zero-order chi connectivity index (χ0) is 9.84. The fraction of sp³-hybridized carbons (Fsp3) is 0.444. The third-order valence-electron chi connectivity index (χ3n) is 1.85. The maximum Gasteiger partial charge on any atom is 0.303 e. The Balaban J connectivity index is 2.48. The molecule has 1 atom stereocenters. The van der Waals surface area contributed by atoms with Gasteiger partial charge in [0, 0.05) is 17.3 Å². The number of carbonyl (C=O) groups is 1. The molecule has 1 rings (SSSR count). The van der Waals surface area contributed by atoms with Gasteiger partial charge < -0.3 is 10.8 Å². The average molecular weight is 199 g/mol. The molecule has 13 heavy (non-hydrogen) atoms. The molecule has 3 N–H and O–H groups in total. The van der Waals surface area contributed by atoms with Crippen molar-refractivity contribution < 1.29 is 9.90 Å². The highest BCUT2D eigenvalue weighted by Crippen LogP contribution is 2.21. The number of carboxylic acid groups (broad SMARTS) is 1. The molecule has 3 nitrogen and oxygen atoms in total. The zero-order valence-corrected chi connectivity index (χ0v) is 8.30. The third-order valence-corrected chi connectivity index (χ3v) is 2.73. The van der Waals surface area contributed by atoms with Crippen LogP contribution in [0.1, 0.15) is 29.3 Å². The van der Waals surface area contributed by atoms with Crippen molar-refractivity contribution in [1.29, 1.82) is 0 Å². The van der Waals surface area contributed by atoms with Gasteiger partial charge in [-0.2, -0.15) is 0 Å². The number of rotatable bonds is 4. The van der Waals surface area contributed by atoms with Gasteiger partial charge in [0.25, 0.3) is 0 Å². The molecule has 72 valence electrons. The van der Waals surface area contributed by atoms with E-state index in [2.05, 4.69) is 0 Å². The summed E-state index contributed by atoms with van der Waals surface area (Å²) in [4.78, 5) is 11.5. The lowest BCUT2D eigenvalue weighted by Gasteiger charge is -2.06. The van der Waals surface area contributed by atoms with Gasteiger partial charge in [0.2, 0.25) is 0 Å². The van der Waals surface area contributed by atoms with E-state index in [4.69, 9.17) is 10.8 Å². The van der Waals surface area contributed by atoms with E-state index in [9.17, 15) is 4.79 Å². The molecule has 0 radical (unpaired) electrons. The van der Waals surface area contributed by atoms with E-state index in [0.29, 0.717) is 6.42 Å². The number of hydrogen-bond acceptors (Lipinski definition) is 3. The van der Waals surface area contributed by atoms with Gasteiger partial charge in [-0.1, -0.05) is 0 Å². The molecule has 0 saturated heterocycles. The molecule has 0 bridgehead atoms. The van der Waals surface area contributed by atoms with Crippen LogP contribution in [0.15, 0.2) is 11.4 Å². The molecular formula is C9H13NO2S. The molecule has 0 unspecified atom stereocenters. The van der Waals surface area contributed by atoms with Crippen LogP contribution in [-0.2, 0) is 4.79 Å². The summed E-state index contributed by atoms with van der Waals surface area (Å²) in [5.41, 5.74) is 6.85. The maximum absolute atomic E-state index is 10.3. The first-order valence-corrected chi connectivity index (χ1v) is 5.00. The van der Waals surface area contributed by atoms with Gasteiger partial charge in [0.1, 0.15) is 0 Å². The van der Waals surface area contributed by atoms with Gasteiger partial charge in [-0.05, 0) is 30.4 Å². The first kappa shape index (κ1) is 10.2. The SMILES string of the molecule is Cc1cc([C@@H](N)CCC(=O)O)cs1. The minimum atomic E-state index is -0.789. The summed E-state index contributed by atoms with van der Waals surface area (Å²) in [6, 6.07) is 1.87. The lowest BCUT2D eigenvalue weighted by Crippen LogP contribution is -2.11. The highest BCUT2D eigenvalue weighted by Gasteiger charge is 2.09. The van der Waals surface area contributed by atoms with Gasteiger partial charge in [-0.3, -0.25) is 4.79 Å². The maximum atomic E-state index is 10.3. The van der Waals surface area contributed by atoms with Crippen LogP contribution in [0, 0.1) is 6.92 Å². The molecule has 0 aliphatic heterocycles. The molecule has 0 aliphatic carbocycles. The van der Waals surface area contributed by atoms with Gasteiger partial charge in [0.15, 0.2) is 0 Å². The summed E-state index contributed by atoms with van der Waals surface area (Å²) in [6.45, 7) is 2.01. The first-order valence-electron chi connectivity index (χ1n) is 4.12. The van der Waals surface area contributed by atoms with Crippen LogP contribution in [-0.4, -0.2) is 11.1 Å². The van der Waals surface area contributed by atoms with Crippen LogP contribution in [0.4, 0.5) is 0 Å². The number of carboxylic acids is 1. The largest absolute Gasteiger partial charge is 0.481 e. The Kier molecular flexibility index (Phi) is 3.45. The van der Waals surface area contributed by atoms with E-state index in [1.54, 1.807) is 11.3 Å². The normalized spacial score (nSPS) is 12.8. The fourth-order valence-corrected chi connectivity index (χ4v) is 1.87. The topological polar surface area (TPSA) is 63.3 Å². The van der Waals surface area contributed by atoms with Gasteiger partial charge in [-0.25, -0.2) is 0 Å². The minimum Gasteiger partial charge on any atom is -0.481 e. The lowest BCUT2D eigenvalue weighted by atomic mass is 10.1. The predicted octanol–water partition coefficient (Wildman–Crippen LogP) is 1.92. The smallest absolute Gasteiger partial charge is 0.303 e. The second-order valence-corrected chi connectivity index (χ2v) is 4.14. The summed E-state index contributed by atoms with van der Waals surface area (Å²) in [5.74, 6) is -0.789. The van der Waals surface area contributed by atoms with E-state index >= 15 is 0 Å². The van der Waals surface area contributed by atoms with E-state index < -0.39 is 5.97 Å². The van der Waals surface area contributed by atoms with Crippen LogP contribution in [0.2, 0.25) is 0 Å². The van der Waals surface area contributed by atoms with Crippen molar-refractivity contribution in [3.63, 3.8) is 0 Å². The Morgan fingerprint density at radius 2 is 2.46 bits per heavy atom. The molecule has 0 aliphatic rings. The van der Waals surface area contributed by atoms with Crippen molar-refractivity contribution in [2.75, 3.05) is 0 Å². The fourth-order valence-electron chi connectivity index (χ4n) is 1.10. The Labute approximate surface area is 81.2 Å². The van der Waals surface area contributed by atoms with E-state index in [-0.39, 0.29) is 12.5 Å². The number of nitrogens with two attached hydrogens (primary N) is 1. The lowest BCUT2D eigenvalue weighted by molar-refractivity contribution is -0.137. The van der Waals surface area contributed by atoms with E-state index in [1.807, 2.05) is 18.4 Å². The zero-order valence-electron chi connectivity index (χ0n) is 7.49. The highest BCUT2D eigenvalue weighted by molar-refractivity contribution is 7.10. The molecule has 0 saturated carbocycles. The van der Waals surface area contributed by atoms with Crippen LogP contribution < -0.4 is 5.73 Å². The summed E-state index contributed by atoms with van der Waals surface area (Å²) in [6.07, 6.45) is 0.640. The Hall–Kier alpha value is -0.870. The predicted molar refractivity (Wildman–Crippen MR) is 52.9 cm³/mol. The van der Waals surface area contributed by atoms with Crippen LogP contribution in [0.3, 0.4) is 0 Å². The van der Waals surface area contributed by atoms with E-state index in [0.717, 1.165) is 5.56 Å². The molecule has 0 amide bonds. The Bertz CT molecular complexity index is 296. The molecule has 1 heterocycles. The van der Waals surface area contributed by atoms with Crippen LogP contribution in [0.5, 0.6) is 0 Å². The molecule has 1 aromatic heterocycles. The minimum absolute atomic E-state index is 0.135. The molecule has 0 spiro atoms. The van der Waals surface area contributed by atoms with Crippen molar-refractivity contribution in [2.24, 2.45) is 5.73 Å². The summed E-state index contributed by atoms with van der Waals surface area (Å²) in [7, 11) is 0. The quantitative estimate of drug-likeness (QED) is 0.778. The molecular weight excluding hydrogens is 186 g/mol. The van der Waals surface area contributed by atoms with Crippen LogP contribution in [0.25, 0.3) is 0 Å². The monoisotopic (exact) mass is 199 g/mol. The number of thiophene rings is 1. The van der Waals surface area contributed by atoms with Crippen molar-refractivity contribution in [3.8, 4) is 0 Å². The van der Waals surface area contributed by atoms with Crippen LogP contribution >= 0.6 is 11.3 Å². The average Bonchev–Trinajstić information content (AvgIpc) is 2.47. The summed E-state index contributed by atoms with van der Waals surface area (Å²) in [5, 5.41) is 10.4. The Morgan fingerprint density at radius 3 is 2.92 bits per heavy atom.